The quantitative estimate of drug-likeness (QED) is 0.162. The van der Waals surface area contributed by atoms with Crippen LogP contribution in [0.1, 0.15) is 43.0 Å². The summed E-state index contributed by atoms with van der Waals surface area (Å²) in [6, 6.07) is 13.7. The summed E-state index contributed by atoms with van der Waals surface area (Å²) < 4.78 is 15.5. The van der Waals surface area contributed by atoms with Crippen LogP contribution in [0, 0.1) is 26.1 Å². The van der Waals surface area contributed by atoms with Crippen LogP contribution < -0.4 is 16.0 Å². The minimum absolute atomic E-state index is 0.0106. The molecule has 4 atom stereocenters. The highest BCUT2D eigenvalue weighted by Crippen LogP contribution is 2.57. The van der Waals surface area contributed by atoms with Crippen LogP contribution in [0.25, 0.3) is 0 Å². The Bertz CT molecular complexity index is 2050. The molecule has 4 aliphatic rings. The summed E-state index contributed by atoms with van der Waals surface area (Å²) in [4.78, 5) is 63.5. The van der Waals surface area contributed by atoms with Gasteiger partial charge >= 0.3 is 5.97 Å². The number of anilines is 1. The van der Waals surface area contributed by atoms with Gasteiger partial charge in [-0.15, -0.1) is 0 Å². The number of rotatable bonds is 9. The van der Waals surface area contributed by atoms with Gasteiger partial charge in [0.1, 0.15) is 16.7 Å². The van der Waals surface area contributed by atoms with Gasteiger partial charge in [0.05, 0.1) is 44.6 Å². The zero-order valence-corrected chi connectivity index (χ0v) is 29.8. The summed E-state index contributed by atoms with van der Waals surface area (Å²) in [5, 5.41) is 22.0. The number of nitrogens with two attached hydrogens (primary N) is 1. The number of benzene rings is 2. The molecule has 4 N–H and O–H groups in total. The molecule has 3 amide bonds. The fraction of sp³-hybridized carbons (Fsp3) is 0.294. The molecule has 16 heteroatoms. The van der Waals surface area contributed by atoms with Gasteiger partial charge in [-0.1, -0.05) is 35.3 Å². The van der Waals surface area contributed by atoms with Crippen molar-refractivity contribution < 1.29 is 28.7 Å². The van der Waals surface area contributed by atoms with E-state index in [0.717, 1.165) is 3.57 Å². The summed E-state index contributed by atoms with van der Waals surface area (Å²) in [5.74, 6) is -4.42. The molecule has 0 spiro atoms. The number of aliphatic carboxylic acids is 1. The molecule has 1 aromatic heterocycles. The standard InChI is InChI=1S/C34H27Cl2FIN7O5/c1-32(12-17-2-4-18(14-39)5-3-17)30(50)44(20-10-21(35)26(37)22(36)11-20)31-43(16-23(27(46)47)45(31)32)25-13-34(25,28(40)48)29(49)42-33(8-9-33)24-7-6-19(38)15-41-24/h2-7,10-11,15-16,25,31H,8-9,12-13H2,1H3,(H2,40,48)(H,42,49)(H,46,47)/t25?,31?,32-,34?/m1/s1. The first-order chi connectivity index (χ1) is 23.7. The van der Waals surface area contributed by atoms with Crippen molar-refractivity contribution in [2.75, 3.05) is 4.90 Å². The largest absolute Gasteiger partial charge is 0.477 e. The SMILES string of the molecule is C[C@@]1(Cc2ccc(C#N)cc2)C(=O)N(c2cc(Cl)c(F)c(Cl)c2)C2N(C3CC3(C(N)=O)C(=O)NC3(c4ccc(I)cn4)CC3)C=C(C(=O)O)N21. The first-order valence-corrected chi connectivity index (χ1v) is 17.2. The van der Waals surface area contributed by atoms with Crippen molar-refractivity contribution >= 4 is 75.2 Å². The Morgan fingerprint density at radius 3 is 2.36 bits per heavy atom. The van der Waals surface area contributed by atoms with Crippen LogP contribution in [-0.4, -0.2) is 61.5 Å². The molecule has 2 aliphatic carbocycles. The Morgan fingerprint density at radius 2 is 1.82 bits per heavy atom. The summed E-state index contributed by atoms with van der Waals surface area (Å²) in [7, 11) is 0. The lowest BCUT2D eigenvalue weighted by molar-refractivity contribution is -0.138. The second-order valence-electron chi connectivity index (χ2n) is 13.1. The van der Waals surface area contributed by atoms with Crippen molar-refractivity contribution in [3.8, 4) is 6.07 Å². The normalized spacial score (nSPS) is 25.9. The average Bonchev–Trinajstić information content (AvgIpc) is 3.98. The summed E-state index contributed by atoms with van der Waals surface area (Å²) in [6.07, 6.45) is 2.83. The fourth-order valence-electron chi connectivity index (χ4n) is 7.15. The molecule has 3 fully saturated rings. The van der Waals surface area contributed by atoms with Gasteiger partial charge in [0, 0.05) is 22.4 Å². The second kappa shape index (κ2) is 11.8. The third-order valence-corrected chi connectivity index (χ3v) is 11.2. The number of nitriles is 1. The number of carboxylic acids is 1. The van der Waals surface area contributed by atoms with E-state index >= 15 is 0 Å². The van der Waals surface area contributed by atoms with Gasteiger partial charge in [0.15, 0.2) is 12.1 Å². The molecule has 12 nitrogen and oxygen atoms in total. The molecule has 1 saturated heterocycles. The number of hydrogen-bond acceptors (Lipinski definition) is 8. The van der Waals surface area contributed by atoms with E-state index in [4.69, 9.17) is 28.9 Å². The highest BCUT2D eigenvalue weighted by molar-refractivity contribution is 14.1. The van der Waals surface area contributed by atoms with Crippen LogP contribution in [0.5, 0.6) is 0 Å². The van der Waals surface area contributed by atoms with Crippen molar-refractivity contribution in [2.24, 2.45) is 11.1 Å². The lowest BCUT2D eigenvalue weighted by atomic mass is 9.90. The third kappa shape index (κ3) is 5.16. The maximum Gasteiger partial charge on any atom is 0.353 e. The molecular formula is C34H27Cl2FIN7O5. The van der Waals surface area contributed by atoms with Gasteiger partial charge < -0.3 is 26.0 Å². The van der Waals surface area contributed by atoms with E-state index in [1.54, 1.807) is 37.4 Å². The molecule has 0 bridgehead atoms. The van der Waals surface area contributed by atoms with E-state index in [2.05, 4.69) is 32.9 Å². The minimum Gasteiger partial charge on any atom is -0.477 e. The fourth-order valence-corrected chi connectivity index (χ4v) is 7.94. The number of carboxylic acid groups (broad SMARTS) is 1. The zero-order chi connectivity index (χ0) is 35.9. The van der Waals surface area contributed by atoms with Crippen LogP contribution >= 0.6 is 45.8 Å². The van der Waals surface area contributed by atoms with Crippen molar-refractivity contribution in [1.29, 1.82) is 5.26 Å². The Kier molecular flexibility index (Phi) is 8.04. The number of fused-ring (bicyclic) bond motifs is 1. The van der Waals surface area contributed by atoms with E-state index in [9.17, 15) is 33.9 Å². The summed E-state index contributed by atoms with van der Waals surface area (Å²) >= 11 is 14.5. The van der Waals surface area contributed by atoms with Crippen LogP contribution in [0.4, 0.5) is 10.1 Å². The Labute approximate surface area is 308 Å². The van der Waals surface area contributed by atoms with Gasteiger partial charge in [-0.05, 0) is 90.7 Å². The van der Waals surface area contributed by atoms with Crippen LogP contribution in [0.2, 0.25) is 10.0 Å². The smallest absolute Gasteiger partial charge is 0.353 e. The second-order valence-corrected chi connectivity index (χ2v) is 15.2. The van der Waals surface area contributed by atoms with Crippen molar-refractivity contribution in [3.05, 3.63) is 103 Å². The number of hydrogen-bond donors (Lipinski definition) is 3. The molecule has 2 saturated carbocycles. The Hall–Kier alpha value is -4.46. The maximum atomic E-state index is 14.7. The Morgan fingerprint density at radius 1 is 1.16 bits per heavy atom. The molecule has 256 valence electrons. The van der Waals surface area contributed by atoms with E-state index in [0.29, 0.717) is 29.7 Å². The monoisotopic (exact) mass is 829 g/mol. The average molecular weight is 830 g/mol. The molecule has 3 unspecified atom stereocenters. The number of nitrogens with one attached hydrogen (secondary N) is 1. The molecule has 2 aliphatic heterocycles. The first-order valence-electron chi connectivity index (χ1n) is 15.4. The van der Waals surface area contributed by atoms with Crippen molar-refractivity contribution in [3.63, 3.8) is 0 Å². The zero-order valence-electron chi connectivity index (χ0n) is 26.2. The van der Waals surface area contributed by atoms with Crippen LogP contribution in [0.3, 0.4) is 0 Å². The third-order valence-electron chi connectivity index (χ3n) is 10.0. The van der Waals surface area contributed by atoms with Gasteiger partial charge in [-0.25, -0.2) is 9.18 Å². The number of halogens is 4. The number of aromatic nitrogens is 1. The lowest BCUT2D eigenvalue weighted by Gasteiger charge is -2.37. The minimum atomic E-state index is -1.78. The van der Waals surface area contributed by atoms with Crippen molar-refractivity contribution in [2.45, 2.75) is 56.0 Å². The molecule has 0 radical (unpaired) electrons. The topological polar surface area (TPSA) is 173 Å². The molecule has 7 rings (SSSR count). The maximum absolute atomic E-state index is 14.7. The molecule has 2 aromatic carbocycles. The number of amides is 3. The number of carbonyl (C=O) groups excluding carboxylic acids is 3. The van der Waals surface area contributed by atoms with E-state index < -0.39 is 58.3 Å². The lowest BCUT2D eigenvalue weighted by Crippen LogP contribution is -2.53. The molecule has 3 heterocycles. The first kappa shape index (κ1) is 34.0. The predicted octanol–water partition coefficient (Wildman–Crippen LogP) is 4.23. The van der Waals surface area contributed by atoms with Gasteiger partial charge in [-0.2, -0.15) is 5.26 Å². The highest BCUT2D eigenvalue weighted by Gasteiger charge is 2.72. The van der Waals surface area contributed by atoms with E-state index in [1.165, 1.54) is 33.0 Å². The molecule has 3 aromatic rings. The number of primary amides is 1. The van der Waals surface area contributed by atoms with Crippen LogP contribution in [0.15, 0.2) is 66.6 Å². The number of nitrogens with zero attached hydrogens (tertiary/aromatic N) is 5. The highest BCUT2D eigenvalue weighted by atomic mass is 127. The molecular weight excluding hydrogens is 803 g/mol. The van der Waals surface area contributed by atoms with Gasteiger partial charge in [-0.3, -0.25) is 24.3 Å². The number of carbonyl (C=O) groups is 4. The summed E-state index contributed by atoms with van der Waals surface area (Å²) in [6.45, 7) is 1.57. The van der Waals surface area contributed by atoms with Crippen molar-refractivity contribution in [1.82, 2.24) is 20.1 Å². The predicted molar refractivity (Wildman–Crippen MR) is 186 cm³/mol. The Balaban J connectivity index is 1.30. The van der Waals surface area contributed by atoms with Gasteiger partial charge in [0.2, 0.25) is 11.8 Å². The molecule has 50 heavy (non-hydrogen) atoms. The summed E-state index contributed by atoms with van der Waals surface area (Å²) in [5.41, 5.74) is 3.24. The van der Waals surface area contributed by atoms with Gasteiger partial charge in [0.25, 0.3) is 5.91 Å². The van der Waals surface area contributed by atoms with E-state index in [-0.39, 0.29) is 34.3 Å². The van der Waals surface area contributed by atoms with Crippen LogP contribution in [-0.2, 0) is 31.1 Å². The number of pyridine rings is 1. The van der Waals surface area contributed by atoms with E-state index in [1.807, 2.05) is 18.2 Å².